The Bertz CT molecular complexity index is 1140. The van der Waals surface area contributed by atoms with Crippen LogP contribution in [0.5, 0.6) is 5.75 Å². The van der Waals surface area contributed by atoms with Crippen molar-refractivity contribution < 1.29 is 14.3 Å². The second kappa shape index (κ2) is 8.79. The van der Waals surface area contributed by atoms with Gasteiger partial charge in [-0.25, -0.2) is 9.98 Å². The van der Waals surface area contributed by atoms with Gasteiger partial charge in [0.05, 0.1) is 19.2 Å². The van der Waals surface area contributed by atoms with Gasteiger partial charge in [0, 0.05) is 11.9 Å². The molecule has 1 aliphatic rings. The van der Waals surface area contributed by atoms with Gasteiger partial charge in [-0.05, 0) is 61.0 Å². The highest BCUT2D eigenvalue weighted by Gasteiger charge is 2.27. The molecule has 7 nitrogen and oxygen atoms in total. The van der Waals surface area contributed by atoms with Crippen LogP contribution in [0, 0.1) is 6.92 Å². The quantitative estimate of drug-likeness (QED) is 0.686. The number of amides is 2. The third-order valence-electron chi connectivity index (χ3n) is 4.96. The second-order valence-electron chi connectivity index (χ2n) is 7.20. The lowest BCUT2D eigenvalue weighted by molar-refractivity contribution is -0.120. The van der Waals surface area contributed by atoms with Crippen molar-refractivity contribution in [3.63, 3.8) is 0 Å². The molecule has 4 rings (SSSR count). The number of hydrogen-bond acceptors (Lipinski definition) is 5. The molecule has 0 radical (unpaired) electrons. The molecule has 156 valence electrons. The number of methoxy groups -OCH3 is 1. The van der Waals surface area contributed by atoms with Crippen molar-refractivity contribution in [2.75, 3.05) is 23.9 Å². The molecule has 0 saturated heterocycles. The van der Waals surface area contributed by atoms with Gasteiger partial charge in [0.2, 0.25) is 11.8 Å². The lowest BCUT2D eigenvalue weighted by Crippen LogP contribution is -2.38. The Labute approximate surface area is 180 Å². The van der Waals surface area contributed by atoms with Crippen LogP contribution in [-0.2, 0) is 9.59 Å². The maximum absolute atomic E-state index is 13.1. The second-order valence-corrected chi connectivity index (χ2v) is 7.20. The molecule has 1 aliphatic heterocycles. The SMILES string of the molecule is COc1ccc(C2=Nc3cccnc3N(CC(=O)Nc3ccc(C)cc3)C(=O)C2)cc1. The Hall–Kier alpha value is -4.00. The average molecular weight is 414 g/mol. The van der Waals surface area contributed by atoms with Crippen molar-refractivity contribution >= 4 is 34.7 Å². The van der Waals surface area contributed by atoms with Crippen molar-refractivity contribution in [3.8, 4) is 5.75 Å². The maximum Gasteiger partial charge on any atom is 0.244 e. The Morgan fingerprint density at radius 1 is 1.10 bits per heavy atom. The predicted octanol–water partition coefficient (Wildman–Crippen LogP) is 3.89. The van der Waals surface area contributed by atoms with Crippen LogP contribution < -0.4 is 15.0 Å². The van der Waals surface area contributed by atoms with Crippen LogP contribution in [0.15, 0.2) is 71.9 Å². The number of carbonyl (C=O) groups excluding carboxylic acids is 2. The third-order valence-corrected chi connectivity index (χ3v) is 4.96. The first kappa shape index (κ1) is 20.3. The number of ether oxygens (including phenoxy) is 1. The summed E-state index contributed by atoms with van der Waals surface area (Å²) in [4.78, 5) is 36.2. The first-order chi connectivity index (χ1) is 15.0. The van der Waals surface area contributed by atoms with Crippen molar-refractivity contribution in [2.45, 2.75) is 13.3 Å². The molecule has 31 heavy (non-hydrogen) atoms. The monoisotopic (exact) mass is 414 g/mol. The molecule has 0 fully saturated rings. The van der Waals surface area contributed by atoms with Gasteiger partial charge in [-0.3, -0.25) is 14.5 Å². The zero-order chi connectivity index (χ0) is 21.8. The Morgan fingerprint density at radius 2 is 1.84 bits per heavy atom. The van der Waals surface area contributed by atoms with E-state index in [0.29, 0.717) is 22.9 Å². The normalized spacial score (nSPS) is 13.2. The van der Waals surface area contributed by atoms with Gasteiger partial charge in [-0.1, -0.05) is 17.7 Å². The molecule has 3 aromatic rings. The van der Waals surface area contributed by atoms with E-state index in [0.717, 1.165) is 16.9 Å². The van der Waals surface area contributed by atoms with Crippen molar-refractivity contribution in [3.05, 3.63) is 78.0 Å². The first-order valence-corrected chi connectivity index (χ1v) is 9.87. The van der Waals surface area contributed by atoms with Crippen molar-refractivity contribution in [1.82, 2.24) is 4.98 Å². The van der Waals surface area contributed by atoms with Gasteiger partial charge in [0.1, 0.15) is 18.0 Å². The highest BCUT2D eigenvalue weighted by molar-refractivity contribution is 6.18. The number of carbonyl (C=O) groups is 2. The number of aryl methyl sites for hydroxylation is 1. The Balaban J connectivity index is 1.59. The molecule has 0 atom stereocenters. The van der Waals surface area contributed by atoms with E-state index in [-0.39, 0.29) is 24.8 Å². The summed E-state index contributed by atoms with van der Waals surface area (Å²) in [6, 6.07) is 18.4. The zero-order valence-corrected chi connectivity index (χ0v) is 17.3. The summed E-state index contributed by atoms with van der Waals surface area (Å²) in [6.45, 7) is 1.83. The average Bonchev–Trinajstić information content (AvgIpc) is 2.92. The topological polar surface area (TPSA) is 83.9 Å². The number of aromatic nitrogens is 1. The Morgan fingerprint density at radius 3 is 2.55 bits per heavy atom. The summed E-state index contributed by atoms with van der Waals surface area (Å²) < 4.78 is 5.21. The number of hydrogen-bond donors (Lipinski definition) is 1. The van der Waals surface area contributed by atoms with Gasteiger partial charge in [-0.2, -0.15) is 0 Å². The Kier molecular flexibility index (Phi) is 5.75. The van der Waals surface area contributed by atoms with Gasteiger partial charge in [-0.15, -0.1) is 0 Å². The van der Waals surface area contributed by atoms with Gasteiger partial charge in [0.15, 0.2) is 5.82 Å². The van der Waals surface area contributed by atoms with Crippen LogP contribution in [0.4, 0.5) is 17.2 Å². The molecule has 7 heteroatoms. The summed E-state index contributed by atoms with van der Waals surface area (Å²) in [6.07, 6.45) is 1.64. The first-order valence-electron chi connectivity index (χ1n) is 9.87. The van der Waals surface area contributed by atoms with Crippen LogP contribution in [-0.4, -0.2) is 36.2 Å². The van der Waals surface area contributed by atoms with E-state index in [1.165, 1.54) is 4.90 Å². The summed E-state index contributed by atoms with van der Waals surface area (Å²) in [5, 5.41) is 2.83. The lowest BCUT2D eigenvalue weighted by Gasteiger charge is -2.20. The highest BCUT2D eigenvalue weighted by atomic mass is 16.5. The third kappa shape index (κ3) is 4.61. The molecule has 0 spiro atoms. The standard InChI is InChI=1S/C24H22N4O3/c1-16-5-9-18(10-6-16)26-22(29)15-28-23(30)14-21(17-7-11-19(31-2)12-8-17)27-20-4-3-13-25-24(20)28/h3-13H,14-15H2,1-2H3,(H,26,29). The number of nitrogens with one attached hydrogen (secondary N) is 1. The van der Waals surface area contributed by atoms with E-state index in [4.69, 9.17) is 4.74 Å². The fourth-order valence-electron chi connectivity index (χ4n) is 3.32. The number of anilines is 2. The van der Waals surface area contributed by atoms with Crippen LogP contribution in [0.2, 0.25) is 0 Å². The number of rotatable bonds is 5. The minimum Gasteiger partial charge on any atom is -0.497 e. The van der Waals surface area contributed by atoms with Gasteiger partial charge >= 0.3 is 0 Å². The molecule has 1 N–H and O–H groups in total. The van der Waals surface area contributed by atoms with E-state index in [2.05, 4.69) is 15.3 Å². The van der Waals surface area contributed by atoms with Crippen LogP contribution >= 0.6 is 0 Å². The van der Waals surface area contributed by atoms with Crippen LogP contribution in [0.25, 0.3) is 0 Å². The van der Waals surface area contributed by atoms with E-state index < -0.39 is 0 Å². The predicted molar refractivity (Wildman–Crippen MR) is 120 cm³/mol. The van der Waals surface area contributed by atoms with Gasteiger partial charge < -0.3 is 10.1 Å². The smallest absolute Gasteiger partial charge is 0.244 e. The minimum atomic E-state index is -0.304. The zero-order valence-electron chi connectivity index (χ0n) is 17.3. The molecule has 2 aromatic carbocycles. The molecule has 2 heterocycles. The summed E-state index contributed by atoms with van der Waals surface area (Å²) in [7, 11) is 1.60. The molecule has 2 amide bonds. The fraction of sp³-hybridized carbons (Fsp3) is 0.167. The number of aliphatic imine (C=N–C) groups is 1. The number of nitrogens with zero attached hydrogens (tertiary/aromatic N) is 3. The number of benzene rings is 2. The van der Waals surface area contributed by atoms with E-state index in [1.807, 2.05) is 55.5 Å². The highest BCUT2D eigenvalue weighted by Crippen LogP contribution is 2.31. The summed E-state index contributed by atoms with van der Waals surface area (Å²) in [5.41, 5.74) is 3.75. The van der Waals surface area contributed by atoms with Crippen LogP contribution in [0.3, 0.4) is 0 Å². The molecule has 1 aromatic heterocycles. The molecule has 0 bridgehead atoms. The van der Waals surface area contributed by atoms with E-state index in [1.54, 1.807) is 25.4 Å². The lowest BCUT2D eigenvalue weighted by atomic mass is 10.1. The fourth-order valence-corrected chi connectivity index (χ4v) is 3.32. The van der Waals surface area contributed by atoms with E-state index >= 15 is 0 Å². The van der Waals surface area contributed by atoms with Crippen LogP contribution in [0.1, 0.15) is 17.5 Å². The molecule has 0 saturated carbocycles. The number of pyridine rings is 1. The molecular weight excluding hydrogens is 392 g/mol. The molecule has 0 aliphatic carbocycles. The summed E-state index contributed by atoms with van der Waals surface area (Å²) in [5.74, 6) is 0.545. The van der Waals surface area contributed by atoms with Crippen molar-refractivity contribution in [1.29, 1.82) is 0 Å². The minimum absolute atomic E-state index is 0.0561. The maximum atomic E-state index is 13.1. The molecular formula is C24H22N4O3. The van der Waals surface area contributed by atoms with E-state index in [9.17, 15) is 9.59 Å². The van der Waals surface area contributed by atoms with Gasteiger partial charge in [0.25, 0.3) is 0 Å². The summed E-state index contributed by atoms with van der Waals surface area (Å²) >= 11 is 0. The largest absolute Gasteiger partial charge is 0.497 e. The molecule has 0 unspecified atom stereocenters. The van der Waals surface area contributed by atoms with Crippen molar-refractivity contribution in [2.24, 2.45) is 4.99 Å². The number of fused-ring (bicyclic) bond motifs is 1.